The van der Waals surface area contributed by atoms with Crippen molar-refractivity contribution in [3.05, 3.63) is 29.6 Å². The molecule has 0 spiro atoms. The Kier molecular flexibility index (Phi) is 4.88. The summed E-state index contributed by atoms with van der Waals surface area (Å²) in [4.78, 5) is 12.5. The molecule has 0 atom stereocenters. The van der Waals surface area contributed by atoms with Crippen LogP contribution in [0.15, 0.2) is 12.1 Å². The first-order chi connectivity index (χ1) is 10.00. The summed E-state index contributed by atoms with van der Waals surface area (Å²) in [5, 5.41) is 5.61. The summed E-state index contributed by atoms with van der Waals surface area (Å²) < 4.78 is 39.8. The maximum atomic E-state index is 13.7. The van der Waals surface area contributed by atoms with Gasteiger partial charge in [-0.15, -0.1) is 0 Å². The molecule has 0 aromatic heterocycles. The predicted molar refractivity (Wildman–Crippen MR) is 74.4 cm³/mol. The molecule has 1 heterocycles. The van der Waals surface area contributed by atoms with Gasteiger partial charge in [0.05, 0.1) is 11.1 Å². The largest absolute Gasteiger partial charge is 0.323 e. The van der Waals surface area contributed by atoms with E-state index in [1.165, 1.54) is 0 Å². The SMILES string of the molecule is CCCC1(C(=O)Nc2ccc(F)c(F)c2F)CCNCC1. The zero-order chi connectivity index (χ0) is 15.5. The van der Waals surface area contributed by atoms with Gasteiger partial charge in [0.2, 0.25) is 5.91 Å². The highest BCUT2D eigenvalue weighted by Crippen LogP contribution is 2.35. The van der Waals surface area contributed by atoms with Gasteiger partial charge in [-0.05, 0) is 44.5 Å². The third-order valence-corrected chi connectivity index (χ3v) is 4.05. The number of nitrogens with one attached hydrogen (secondary N) is 2. The normalized spacial score (nSPS) is 17.5. The molecule has 1 fully saturated rings. The minimum absolute atomic E-state index is 0.312. The lowest BCUT2D eigenvalue weighted by atomic mass is 9.74. The Morgan fingerprint density at radius 2 is 1.90 bits per heavy atom. The molecule has 1 aromatic carbocycles. The van der Waals surface area contributed by atoms with E-state index in [4.69, 9.17) is 0 Å². The van der Waals surface area contributed by atoms with Crippen LogP contribution in [0.4, 0.5) is 18.9 Å². The van der Waals surface area contributed by atoms with Gasteiger partial charge < -0.3 is 10.6 Å². The van der Waals surface area contributed by atoms with E-state index < -0.39 is 22.9 Å². The minimum atomic E-state index is -1.57. The van der Waals surface area contributed by atoms with Crippen LogP contribution >= 0.6 is 0 Å². The fourth-order valence-corrected chi connectivity index (χ4v) is 2.85. The molecule has 0 bridgehead atoms. The second-order valence-electron chi connectivity index (χ2n) is 5.46. The average Bonchev–Trinajstić information content (AvgIpc) is 2.49. The van der Waals surface area contributed by atoms with Crippen molar-refractivity contribution in [2.45, 2.75) is 32.6 Å². The Morgan fingerprint density at radius 3 is 2.52 bits per heavy atom. The first-order valence-electron chi connectivity index (χ1n) is 7.16. The molecule has 2 rings (SSSR count). The molecule has 0 aliphatic carbocycles. The van der Waals surface area contributed by atoms with Gasteiger partial charge in [0, 0.05) is 0 Å². The number of anilines is 1. The zero-order valence-corrected chi connectivity index (χ0v) is 11.9. The van der Waals surface area contributed by atoms with E-state index in [-0.39, 0.29) is 11.6 Å². The van der Waals surface area contributed by atoms with E-state index in [1.807, 2.05) is 6.92 Å². The average molecular weight is 300 g/mol. The van der Waals surface area contributed by atoms with Crippen molar-refractivity contribution in [2.24, 2.45) is 5.41 Å². The van der Waals surface area contributed by atoms with Gasteiger partial charge in [-0.2, -0.15) is 0 Å². The molecule has 1 saturated heterocycles. The first kappa shape index (κ1) is 15.8. The lowest BCUT2D eigenvalue weighted by molar-refractivity contribution is -0.127. The summed E-state index contributed by atoms with van der Waals surface area (Å²) in [6, 6.07) is 1.86. The van der Waals surface area contributed by atoms with Gasteiger partial charge in [-0.25, -0.2) is 13.2 Å². The summed E-state index contributed by atoms with van der Waals surface area (Å²) in [5.74, 6) is -4.52. The standard InChI is InChI=1S/C15H19F3N2O/c1-2-5-15(6-8-19-9-7-15)14(21)20-11-4-3-10(16)12(17)13(11)18/h3-4,19H,2,5-9H2,1H3,(H,20,21). The fourth-order valence-electron chi connectivity index (χ4n) is 2.85. The molecule has 0 radical (unpaired) electrons. The molecule has 1 amide bonds. The quantitative estimate of drug-likeness (QED) is 0.838. The summed E-state index contributed by atoms with van der Waals surface area (Å²) in [5.41, 5.74) is -0.884. The van der Waals surface area contributed by atoms with Crippen molar-refractivity contribution < 1.29 is 18.0 Å². The van der Waals surface area contributed by atoms with Crippen LogP contribution < -0.4 is 10.6 Å². The number of amides is 1. The maximum Gasteiger partial charge on any atom is 0.230 e. The van der Waals surface area contributed by atoms with Gasteiger partial charge in [0.15, 0.2) is 17.5 Å². The molecule has 1 aliphatic rings. The van der Waals surface area contributed by atoms with Crippen LogP contribution in [0.5, 0.6) is 0 Å². The second kappa shape index (κ2) is 6.47. The van der Waals surface area contributed by atoms with Crippen LogP contribution in [0, 0.1) is 22.9 Å². The van der Waals surface area contributed by atoms with Crippen molar-refractivity contribution in [3.63, 3.8) is 0 Å². The van der Waals surface area contributed by atoms with Gasteiger partial charge in [-0.1, -0.05) is 13.3 Å². The summed E-state index contributed by atoms with van der Waals surface area (Å²) in [6.45, 7) is 3.41. The Balaban J connectivity index is 2.21. The summed E-state index contributed by atoms with van der Waals surface area (Å²) >= 11 is 0. The number of hydrogen-bond acceptors (Lipinski definition) is 2. The van der Waals surface area contributed by atoms with Crippen molar-refractivity contribution in [2.75, 3.05) is 18.4 Å². The van der Waals surface area contributed by atoms with Gasteiger partial charge >= 0.3 is 0 Å². The van der Waals surface area contributed by atoms with E-state index in [1.54, 1.807) is 0 Å². The number of carbonyl (C=O) groups excluding carboxylic acids is 1. The third-order valence-electron chi connectivity index (χ3n) is 4.05. The van der Waals surface area contributed by atoms with Gasteiger partial charge in [0.1, 0.15) is 0 Å². The Hall–Kier alpha value is -1.56. The number of benzene rings is 1. The number of halogens is 3. The number of piperidine rings is 1. The lowest BCUT2D eigenvalue weighted by Gasteiger charge is -2.36. The molecule has 1 aromatic rings. The molecular formula is C15H19F3N2O. The van der Waals surface area contributed by atoms with Crippen molar-refractivity contribution in [1.82, 2.24) is 5.32 Å². The number of hydrogen-bond donors (Lipinski definition) is 2. The van der Waals surface area contributed by atoms with E-state index in [9.17, 15) is 18.0 Å². The highest BCUT2D eigenvalue weighted by molar-refractivity contribution is 5.95. The van der Waals surface area contributed by atoms with Crippen LogP contribution in [0.1, 0.15) is 32.6 Å². The summed E-state index contributed by atoms with van der Waals surface area (Å²) in [6.07, 6.45) is 2.81. The van der Waals surface area contributed by atoms with Crippen molar-refractivity contribution in [1.29, 1.82) is 0 Å². The smallest absolute Gasteiger partial charge is 0.230 e. The van der Waals surface area contributed by atoms with Crippen molar-refractivity contribution >= 4 is 11.6 Å². The van der Waals surface area contributed by atoms with Crippen LogP contribution in [-0.2, 0) is 4.79 Å². The molecule has 2 N–H and O–H groups in total. The van der Waals surface area contributed by atoms with E-state index in [0.29, 0.717) is 32.4 Å². The first-order valence-corrected chi connectivity index (χ1v) is 7.16. The molecular weight excluding hydrogens is 281 g/mol. The molecule has 3 nitrogen and oxygen atoms in total. The van der Waals surface area contributed by atoms with Crippen LogP contribution in [0.25, 0.3) is 0 Å². The predicted octanol–water partition coefficient (Wildman–Crippen LogP) is 3.21. The Labute approximate surface area is 121 Å². The number of rotatable bonds is 4. The summed E-state index contributed by atoms with van der Waals surface area (Å²) in [7, 11) is 0. The molecule has 1 aliphatic heterocycles. The van der Waals surface area contributed by atoms with E-state index in [2.05, 4.69) is 10.6 Å². The van der Waals surface area contributed by atoms with Gasteiger partial charge in [-0.3, -0.25) is 4.79 Å². The second-order valence-corrected chi connectivity index (χ2v) is 5.46. The molecule has 0 saturated carbocycles. The topological polar surface area (TPSA) is 41.1 Å². The number of carbonyl (C=O) groups is 1. The van der Waals surface area contributed by atoms with Crippen molar-refractivity contribution in [3.8, 4) is 0 Å². The minimum Gasteiger partial charge on any atom is -0.323 e. The molecule has 21 heavy (non-hydrogen) atoms. The monoisotopic (exact) mass is 300 g/mol. The molecule has 116 valence electrons. The Bertz CT molecular complexity index is 522. The third kappa shape index (κ3) is 3.20. The van der Waals surface area contributed by atoms with Crippen LogP contribution in [-0.4, -0.2) is 19.0 Å². The van der Waals surface area contributed by atoms with Crippen LogP contribution in [0.2, 0.25) is 0 Å². The van der Waals surface area contributed by atoms with E-state index >= 15 is 0 Å². The maximum absolute atomic E-state index is 13.7. The van der Waals surface area contributed by atoms with Gasteiger partial charge in [0.25, 0.3) is 0 Å². The zero-order valence-electron chi connectivity index (χ0n) is 11.9. The molecule has 6 heteroatoms. The van der Waals surface area contributed by atoms with E-state index in [0.717, 1.165) is 18.6 Å². The van der Waals surface area contributed by atoms with Crippen LogP contribution in [0.3, 0.4) is 0 Å². The molecule has 0 unspecified atom stereocenters. The lowest BCUT2D eigenvalue weighted by Crippen LogP contribution is -2.45. The highest BCUT2D eigenvalue weighted by atomic mass is 19.2. The highest BCUT2D eigenvalue weighted by Gasteiger charge is 2.38. The fraction of sp³-hybridized carbons (Fsp3) is 0.533. The Morgan fingerprint density at radius 1 is 1.24 bits per heavy atom.